The number of benzene rings is 1. The summed E-state index contributed by atoms with van der Waals surface area (Å²) in [6, 6.07) is 7.81. The number of carbonyl (C=O) groups is 1. The van der Waals surface area contributed by atoms with Gasteiger partial charge in [0.05, 0.1) is 0 Å². The fraction of sp³-hybridized carbons (Fsp3) is 0.500. The van der Waals surface area contributed by atoms with Crippen LogP contribution >= 0.6 is 15.9 Å². The number of ether oxygens (including phenoxy) is 1. The third-order valence-corrected chi connectivity index (χ3v) is 4.68. The number of alkyl halides is 1. The molecule has 98 valence electrons. The first-order valence-electron chi connectivity index (χ1n) is 6.20. The van der Waals surface area contributed by atoms with Crippen molar-refractivity contribution in [3.63, 3.8) is 0 Å². The van der Waals surface area contributed by atoms with Gasteiger partial charge in [0.15, 0.2) is 6.10 Å². The number of carbonyl (C=O) groups excluding carboxylic acids is 1. The zero-order valence-corrected chi connectivity index (χ0v) is 12.3. The Morgan fingerprint density at radius 3 is 2.89 bits per heavy atom. The van der Waals surface area contributed by atoms with Gasteiger partial charge in [0.25, 0.3) is 5.91 Å². The van der Waals surface area contributed by atoms with Crippen LogP contribution in [-0.4, -0.2) is 22.9 Å². The summed E-state index contributed by atoms with van der Waals surface area (Å²) in [6.07, 6.45) is 1.14. The Morgan fingerprint density at radius 1 is 1.56 bits per heavy atom. The number of fused-ring (bicyclic) bond motifs is 1. The van der Waals surface area contributed by atoms with Crippen molar-refractivity contribution in [3.8, 4) is 5.75 Å². The maximum absolute atomic E-state index is 12.2. The van der Waals surface area contributed by atoms with Crippen LogP contribution in [0.25, 0.3) is 0 Å². The highest BCUT2D eigenvalue weighted by Gasteiger charge is 2.32. The van der Waals surface area contributed by atoms with Crippen LogP contribution < -0.4 is 10.1 Å². The largest absolute Gasteiger partial charge is 0.480 e. The summed E-state index contributed by atoms with van der Waals surface area (Å²) >= 11 is 3.44. The Balaban J connectivity index is 2.01. The summed E-state index contributed by atoms with van der Waals surface area (Å²) in [5.41, 5.74) is 0.893. The summed E-state index contributed by atoms with van der Waals surface area (Å²) in [4.78, 5) is 12.2. The van der Waals surface area contributed by atoms with Gasteiger partial charge in [0, 0.05) is 17.3 Å². The Kier molecular flexibility index (Phi) is 3.95. The Bertz CT molecular complexity index is 418. The molecule has 1 heterocycles. The molecule has 0 fully saturated rings. The number of hydrogen-bond donors (Lipinski definition) is 1. The minimum Gasteiger partial charge on any atom is -0.480 e. The third kappa shape index (κ3) is 2.69. The molecule has 0 bridgehead atoms. The second-order valence-electron chi connectivity index (χ2n) is 4.96. The van der Waals surface area contributed by atoms with Crippen LogP contribution in [0.5, 0.6) is 5.75 Å². The lowest BCUT2D eigenvalue weighted by Gasteiger charge is -2.28. The van der Waals surface area contributed by atoms with Crippen LogP contribution in [-0.2, 0) is 11.2 Å². The van der Waals surface area contributed by atoms with Crippen molar-refractivity contribution < 1.29 is 9.53 Å². The molecule has 1 aliphatic heterocycles. The van der Waals surface area contributed by atoms with Gasteiger partial charge in [-0.25, -0.2) is 0 Å². The fourth-order valence-corrected chi connectivity index (χ4v) is 2.46. The maximum atomic E-state index is 12.2. The van der Waals surface area contributed by atoms with E-state index in [9.17, 15) is 4.79 Å². The Labute approximate surface area is 116 Å². The Hall–Kier alpha value is -1.03. The second-order valence-corrected chi connectivity index (χ2v) is 5.52. The van der Waals surface area contributed by atoms with Crippen molar-refractivity contribution in [1.82, 2.24) is 5.32 Å². The van der Waals surface area contributed by atoms with E-state index in [1.807, 2.05) is 31.2 Å². The highest BCUT2D eigenvalue weighted by atomic mass is 79.9. The summed E-state index contributed by atoms with van der Waals surface area (Å²) < 4.78 is 5.68. The molecule has 4 heteroatoms. The van der Waals surface area contributed by atoms with Crippen molar-refractivity contribution in [2.75, 3.05) is 5.33 Å². The first-order chi connectivity index (χ1) is 8.58. The van der Waals surface area contributed by atoms with Gasteiger partial charge in [-0.15, -0.1) is 0 Å². The topological polar surface area (TPSA) is 38.3 Å². The molecule has 1 N–H and O–H groups in total. The number of para-hydroxylation sites is 1. The van der Waals surface area contributed by atoms with Gasteiger partial charge in [0.1, 0.15) is 5.75 Å². The number of halogens is 1. The van der Waals surface area contributed by atoms with Crippen LogP contribution in [0.4, 0.5) is 0 Å². The molecule has 1 amide bonds. The minimum absolute atomic E-state index is 0.0324. The molecule has 1 aromatic rings. The van der Waals surface area contributed by atoms with E-state index < -0.39 is 6.10 Å². The predicted molar refractivity (Wildman–Crippen MR) is 75.2 cm³/mol. The number of rotatable bonds is 4. The SMILES string of the molecule is CCC(C)(CBr)NC(=O)C1Cc2ccccc2O1. The molecule has 2 atom stereocenters. The summed E-state index contributed by atoms with van der Waals surface area (Å²) in [5.74, 6) is 0.796. The molecule has 1 aromatic carbocycles. The van der Waals surface area contributed by atoms with Crippen LogP contribution in [0.1, 0.15) is 25.8 Å². The lowest BCUT2D eigenvalue weighted by molar-refractivity contribution is -0.128. The first-order valence-corrected chi connectivity index (χ1v) is 7.32. The number of hydrogen-bond acceptors (Lipinski definition) is 2. The van der Waals surface area contributed by atoms with Gasteiger partial charge < -0.3 is 10.1 Å². The summed E-state index contributed by atoms with van der Waals surface area (Å²) in [7, 11) is 0. The average molecular weight is 312 g/mol. The first kappa shape index (κ1) is 13.4. The molecule has 2 rings (SSSR count). The molecule has 0 saturated carbocycles. The van der Waals surface area contributed by atoms with Crippen LogP contribution in [0.3, 0.4) is 0 Å². The molecule has 0 spiro atoms. The zero-order chi connectivity index (χ0) is 13.2. The number of amides is 1. The van der Waals surface area contributed by atoms with E-state index in [0.717, 1.165) is 23.1 Å². The van der Waals surface area contributed by atoms with Gasteiger partial charge >= 0.3 is 0 Å². The molecule has 3 nitrogen and oxygen atoms in total. The molecule has 0 radical (unpaired) electrons. The molecule has 2 unspecified atom stereocenters. The van der Waals surface area contributed by atoms with Gasteiger partial charge in [-0.2, -0.15) is 0 Å². The van der Waals surface area contributed by atoms with Gasteiger partial charge in [-0.3, -0.25) is 4.79 Å². The smallest absolute Gasteiger partial charge is 0.261 e. The van der Waals surface area contributed by atoms with Crippen LogP contribution in [0.15, 0.2) is 24.3 Å². The van der Waals surface area contributed by atoms with Gasteiger partial charge in [0.2, 0.25) is 0 Å². The lowest BCUT2D eigenvalue weighted by Crippen LogP contribution is -2.51. The highest BCUT2D eigenvalue weighted by Crippen LogP contribution is 2.28. The minimum atomic E-state index is -0.396. The molecule has 18 heavy (non-hydrogen) atoms. The lowest BCUT2D eigenvalue weighted by atomic mass is 10.0. The fourth-order valence-electron chi connectivity index (χ4n) is 1.92. The monoisotopic (exact) mass is 311 g/mol. The quantitative estimate of drug-likeness (QED) is 0.868. The highest BCUT2D eigenvalue weighted by molar-refractivity contribution is 9.09. The van der Waals surface area contributed by atoms with Crippen molar-refractivity contribution in [1.29, 1.82) is 0 Å². The van der Waals surface area contributed by atoms with Crippen LogP contribution in [0, 0.1) is 0 Å². The average Bonchev–Trinajstić information content (AvgIpc) is 2.82. The van der Waals surface area contributed by atoms with E-state index in [1.165, 1.54) is 0 Å². The van der Waals surface area contributed by atoms with Crippen molar-refractivity contribution in [3.05, 3.63) is 29.8 Å². The molecule has 0 aromatic heterocycles. The molecule has 1 aliphatic rings. The van der Waals surface area contributed by atoms with Crippen molar-refractivity contribution in [2.45, 2.75) is 38.3 Å². The second kappa shape index (κ2) is 5.31. The van der Waals surface area contributed by atoms with E-state index >= 15 is 0 Å². The predicted octanol–water partition coefficient (Wildman–Crippen LogP) is 2.67. The number of nitrogens with one attached hydrogen (secondary N) is 1. The van der Waals surface area contributed by atoms with E-state index in [4.69, 9.17) is 4.74 Å². The van der Waals surface area contributed by atoms with E-state index in [-0.39, 0.29) is 11.4 Å². The summed E-state index contributed by atoms with van der Waals surface area (Å²) in [6.45, 7) is 4.09. The molecular weight excluding hydrogens is 294 g/mol. The standard InChI is InChI=1S/C14H18BrNO2/c1-3-14(2,9-15)16-13(17)12-8-10-6-4-5-7-11(10)18-12/h4-7,12H,3,8-9H2,1-2H3,(H,16,17). The molecule has 0 aliphatic carbocycles. The summed E-state index contributed by atoms with van der Waals surface area (Å²) in [5, 5.41) is 3.80. The zero-order valence-electron chi connectivity index (χ0n) is 10.7. The van der Waals surface area contributed by atoms with Crippen molar-refractivity contribution in [2.24, 2.45) is 0 Å². The van der Waals surface area contributed by atoms with Crippen molar-refractivity contribution >= 4 is 21.8 Å². The van der Waals surface area contributed by atoms with Crippen LogP contribution in [0.2, 0.25) is 0 Å². The Morgan fingerprint density at radius 2 is 2.28 bits per heavy atom. The third-order valence-electron chi connectivity index (χ3n) is 3.44. The molecule has 0 saturated heterocycles. The van der Waals surface area contributed by atoms with Gasteiger partial charge in [-0.05, 0) is 25.0 Å². The maximum Gasteiger partial charge on any atom is 0.261 e. The van der Waals surface area contributed by atoms with E-state index in [1.54, 1.807) is 0 Å². The van der Waals surface area contributed by atoms with E-state index in [0.29, 0.717) is 6.42 Å². The van der Waals surface area contributed by atoms with Gasteiger partial charge in [-0.1, -0.05) is 41.1 Å². The normalized spacial score (nSPS) is 20.7. The molecular formula is C14H18BrNO2. The van der Waals surface area contributed by atoms with E-state index in [2.05, 4.69) is 28.2 Å².